The van der Waals surface area contributed by atoms with Gasteiger partial charge < -0.3 is 20.5 Å². The van der Waals surface area contributed by atoms with Crippen LogP contribution in [0.5, 0.6) is 5.75 Å². The van der Waals surface area contributed by atoms with Crippen LogP contribution in [0.15, 0.2) is 66.5 Å². The second kappa shape index (κ2) is 7.65. The first-order chi connectivity index (χ1) is 11.1. The van der Waals surface area contributed by atoms with E-state index in [1.807, 2.05) is 0 Å². The third-order valence-corrected chi connectivity index (χ3v) is 2.97. The van der Waals surface area contributed by atoms with E-state index in [2.05, 4.69) is 15.4 Å². The molecule has 118 valence electrons. The molecule has 0 radical (unpaired) electrons. The number of para-hydroxylation sites is 2. The number of methoxy groups -OCH3 is 1. The molecule has 2 aromatic carbocycles. The maximum Gasteiger partial charge on any atom is 0.356 e. The summed E-state index contributed by atoms with van der Waals surface area (Å²) in [6.45, 7) is 0. The molecule has 23 heavy (non-hydrogen) atoms. The monoisotopic (exact) mass is 312 g/mol. The van der Waals surface area contributed by atoms with E-state index in [0.29, 0.717) is 11.3 Å². The Kier molecular flexibility index (Phi) is 5.35. The van der Waals surface area contributed by atoms with Gasteiger partial charge in [0.15, 0.2) is 0 Å². The van der Waals surface area contributed by atoms with Crippen molar-refractivity contribution in [3.8, 4) is 5.75 Å². The van der Waals surface area contributed by atoms with Crippen molar-refractivity contribution >= 4 is 17.6 Å². The van der Waals surface area contributed by atoms with Gasteiger partial charge in [-0.2, -0.15) is 0 Å². The number of anilines is 1. The maximum absolute atomic E-state index is 12.1. The summed E-state index contributed by atoms with van der Waals surface area (Å²) in [6, 6.07) is 15.0. The van der Waals surface area contributed by atoms with E-state index in [0.717, 1.165) is 0 Å². The second-order valence-electron chi connectivity index (χ2n) is 4.53. The lowest BCUT2D eigenvalue weighted by Crippen LogP contribution is -2.28. The number of nitrogens with one attached hydrogen (secondary N) is 2. The normalized spacial score (nSPS) is 10.7. The van der Waals surface area contributed by atoms with Gasteiger partial charge in [-0.1, -0.05) is 30.3 Å². The van der Waals surface area contributed by atoms with Gasteiger partial charge in [0.05, 0.1) is 12.8 Å². The molecule has 0 saturated heterocycles. The average Bonchev–Trinajstić information content (AvgIpc) is 2.59. The van der Waals surface area contributed by atoms with Gasteiger partial charge in [0.1, 0.15) is 11.4 Å². The summed E-state index contributed by atoms with van der Waals surface area (Å²) in [5.74, 6) is -1.14. The van der Waals surface area contributed by atoms with Crippen LogP contribution in [-0.4, -0.2) is 24.1 Å². The van der Waals surface area contributed by atoms with Gasteiger partial charge in [-0.25, -0.2) is 4.79 Å². The van der Waals surface area contributed by atoms with E-state index in [1.54, 1.807) is 48.5 Å². The summed E-state index contributed by atoms with van der Waals surface area (Å²) in [5, 5.41) is 14.9. The Morgan fingerprint density at radius 1 is 1.04 bits per heavy atom. The highest BCUT2D eigenvalue weighted by atomic mass is 16.5. The summed E-state index contributed by atoms with van der Waals surface area (Å²) in [5.41, 5.74) is 0.720. The number of aromatic hydroxyl groups is 1. The first kappa shape index (κ1) is 16.1. The van der Waals surface area contributed by atoms with Crippen molar-refractivity contribution in [1.82, 2.24) is 5.32 Å². The molecule has 0 aliphatic rings. The number of phenols is 1. The third-order valence-electron chi connectivity index (χ3n) is 2.97. The first-order valence-corrected chi connectivity index (χ1v) is 6.81. The van der Waals surface area contributed by atoms with E-state index in [1.165, 1.54) is 19.4 Å². The zero-order valence-corrected chi connectivity index (χ0v) is 12.4. The first-order valence-electron chi connectivity index (χ1n) is 6.81. The van der Waals surface area contributed by atoms with Gasteiger partial charge in [-0.3, -0.25) is 4.79 Å². The lowest BCUT2D eigenvalue weighted by molar-refractivity contribution is -0.136. The van der Waals surface area contributed by atoms with E-state index in [4.69, 9.17) is 0 Å². The zero-order valence-electron chi connectivity index (χ0n) is 12.4. The molecule has 0 aliphatic carbocycles. The molecule has 0 spiro atoms. The van der Waals surface area contributed by atoms with Crippen LogP contribution in [0, 0.1) is 0 Å². The Labute approximate surface area is 133 Å². The van der Waals surface area contributed by atoms with Gasteiger partial charge >= 0.3 is 5.97 Å². The average molecular weight is 312 g/mol. The molecule has 2 aromatic rings. The highest BCUT2D eigenvalue weighted by Crippen LogP contribution is 2.21. The third kappa shape index (κ3) is 4.34. The standard InChI is InChI=1S/C17H16N2O4/c1-23-17(22)14(11-18-13-9-5-6-10-15(13)20)19-16(21)12-7-3-2-4-8-12/h2-11,18,20H,1H3,(H,19,21)/b14-11-. The Hall–Kier alpha value is -3.28. The molecule has 0 fully saturated rings. The van der Waals surface area contributed by atoms with Crippen LogP contribution >= 0.6 is 0 Å². The minimum absolute atomic E-state index is 0.0161. The second-order valence-corrected chi connectivity index (χ2v) is 4.53. The molecule has 0 unspecified atom stereocenters. The van der Waals surface area contributed by atoms with Crippen molar-refractivity contribution in [2.45, 2.75) is 0 Å². The van der Waals surface area contributed by atoms with Gasteiger partial charge in [0.25, 0.3) is 5.91 Å². The Morgan fingerprint density at radius 3 is 2.35 bits per heavy atom. The fraction of sp³-hybridized carbons (Fsp3) is 0.0588. The minimum Gasteiger partial charge on any atom is -0.506 e. The van der Waals surface area contributed by atoms with Crippen LogP contribution in [0.1, 0.15) is 10.4 Å². The summed E-state index contributed by atoms with van der Waals surface area (Å²) >= 11 is 0. The number of hydrogen-bond donors (Lipinski definition) is 3. The van der Waals surface area contributed by atoms with E-state index >= 15 is 0 Å². The number of esters is 1. The quantitative estimate of drug-likeness (QED) is 0.448. The van der Waals surface area contributed by atoms with Crippen LogP contribution in [0.4, 0.5) is 5.69 Å². The van der Waals surface area contributed by atoms with Gasteiger partial charge in [-0.05, 0) is 24.3 Å². The number of carbonyl (C=O) groups is 2. The largest absolute Gasteiger partial charge is 0.506 e. The number of phenolic OH excluding ortho intramolecular Hbond substituents is 1. The minimum atomic E-state index is -0.711. The van der Waals surface area contributed by atoms with Crippen LogP contribution < -0.4 is 10.6 Å². The molecular formula is C17H16N2O4. The molecule has 0 aromatic heterocycles. The van der Waals surface area contributed by atoms with E-state index in [9.17, 15) is 14.7 Å². The SMILES string of the molecule is COC(=O)/C(=C/Nc1ccccc1O)NC(=O)c1ccccc1. The van der Waals surface area contributed by atoms with Crippen molar-refractivity contribution in [2.75, 3.05) is 12.4 Å². The molecule has 2 rings (SSSR count). The summed E-state index contributed by atoms with van der Waals surface area (Å²) < 4.78 is 4.64. The zero-order chi connectivity index (χ0) is 16.7. The number of hydrogen-bond acceptors (Lipinski definition) is 5. The van der Waals surface area contributed by atoms with Crippen molar-refractivity contribution in [1.29, 1.82) is 0 Å². The van der Waals surface area contributed by atoms with Crippen molar-refractivity contribution in [3.63, 3.8) is 0 Å². The fourth-order valence-electron chi connectivity index (χ4n) is 1.79. The Bertz CT molecular complexity index is 726. The van der Waals surface area contributed by atoms with Crippen LogP contribution in [0.3, 0.4) is 0 Å². The molecular weight excluding hydrogens is 296 g/mol. The van der Waals surface area contributed by atoms with Crippen molar-refractivity contribution in [3.05, 3.63) is 72.1 Å². The molecule has 6 heteroatoms. The lowest BCUT2D eigenvalue weighted by atomic mass is 10.2. The van der Waals surface area contributed by atoms with Crippen LogP contribution in [0.25, 0.3) is 0 Å². The molecule has 0 saturated carbocycles. The Balaban J connectivity index is 2.17. The number of carbonyl (C=O) groups excluding carboxylic acids is 2. The fourth-order valence-corrected chi connectivity index (χ4v) is 1.79. The summed E-state index contributed by atoms with van der Waals surface area (Å²) in [6.07, 6.45) is 1.27. The highest BCUT2D eigenvalue weighted by molar-refractivity contribution is 6.01. The van der Waals surface area contributed by atoms with Gasteiger partial charge in [-0.15, -0.1) is 0 Å². The predicted octanol–water partition coefficient (Wildman–Crippen LogP) is 2.25. The van der Waals surface area contributed by atoms with E-state index in [-0.39, 0.29) is 11.4 Å². The van der Waals surface area contributed by atoms with Crippen molar-refractivity contribution < 1.29 is 19.4 Å². The number of ether oxygens (including phenoxy) is 1. The maximum atomic E-state index is 12.1. The summed E-state index contributed by atoms with van der Waals surface area (Å²) in [4.78, 5) is 23.9. The molecule has 6 nitrogen and oxygen atoms in total. The number of amides is 1. The van der Waals surface area contributed by atoms with Crippen LogP contribution in [0.2, 0.25) is 0 Å². The summed E-state index contributed by atoms with van der Waals surface area (Å²) in [7, 11) is 1.21. The topological polar surface area (TPSA) is 87.7 Å². The van der Waals surface area contributed by atoms with E-state index < -0.39 is 11.9 Å². The molecule has 0 heterocycles. The number of benzene rings is 2. The predicted molar refractivity (Wildman–Crippen MR) is 85.7 cm³/mol. The van der Waals surface area contributed by atoms with Crippen LogP contribution in [-0.2, 0) is 9.53 Å². The molecule has 3 N–H and O–H groups in total. The van der Waals surface area contributed by atoms with Gasteiger partial charge in [0.2, 0.25) is 0 Å². The Morgan fingerprint density at radius 2 is 1.70 bits per heavy atom. The van der Waals surface area contributed by atoms with Gasteiger partial charge in [0, 0.05) is 11.8 Å². The smallest absolute Gasteiger partial charge is 0.356 e. The lowest BCUT2D eigenvalue weighted by Gasteiger charge is -2.10. The molecule has 0 atom stereocenters. The highest BCUT2D eigenvalue weighted by Gasteiger charge is 2.14. The molecule has 0 bridgehead atoms. The van der Waals surface area contributed by atoms with Crippen molar-refractivity contribution in [2.24, 2.45) is 0 Å². The molecule has 1 amide bonds. The molecule has 0 aliphatic heterocycles. The number of rotatable bonds is 5.